The number of non-ortho nitro benzene ring substituents is 1. The second kappa shape index (κ2) is 8.68. The Morgan fingerprint density at radius 1 is 1.08 bits per heavy atom. The Morgan fingerprint density at radius 2 is 1.72 bits per heavy atom. The van der Waals surface area contributed by atoms with Crippen LogP contribution in [0.25, 0.3) is 0 Å². The minimum absolute atomic E-state index is 0.0451. The summed E-state index contributed by atoms with van der Waals surface area (Å²) in [5.41, 5.74) is 1.37. The first-order valence-corrected chi connectivity index (χ1v) is 7.99. The lowest BCUT2D eigenvalue weighted by Crippen LogP contribution is -2.28. The van der Waals surface area contributed by atoms with Crippen molar-refractivity contribution in [2.75, 3.05) is 18.4 Å². The Kier molecular flexibility index (Phi) is 6.33. The first-order chi connectivity index (χ1) is 12.0. The van der Waals surface area contributed by atoms with Crippen molar-refractivity contribution >= 4 is 17.3 Å². The topological polar surface area (TPSA) is 93.5 Å². The minimum Gasteiger partial charge on any atom is -0.491 e. The molecule has 0 aromatic heterocycles. The van der Waals surface area contributed by atoms with Crippen molar-refractivity contribution in [3.63, 3.8) is 0 Å². The molecule has 0 bridgehead atoms. The number of nitrogens with zero attached hydrogens (tertiary/aromatic N) is 1. The fourth-order valence-corrected chi connectivity index (χ4v) is 2.14. The number of hydrogen-bond acceptors (Lipinski definition) is 5. The zero-order chi connectivity index (χ0) is 18.2. The third-order valence-electron chi connectivity index (χ3n) is 3.31. The van der Waals surface area contributed by atoms with Crippen LogP contribution in [0.15, 0.2) is 48.5 Å². The minimum atomic E-state index is -0.443. The molecule has 132 valence electrons. The van der Waals surface area contributed by atoms with Crippen molar-refractivity contribution in [3.05, 3.63) is 64.2 Å². The molecular weight excluding hydrogens is 322 g/mol. The molecule has 0 aliphatic rings. The molecule has 2 aromatic rings. The van der Waals surface area contributed by atoms with E-state index in [9.17, 15) is 14.9 Å². The molecule has 25 heavy (non-hydrogen) atoms. The molecule has 0 heterocycles. The van der Waals surface area contributed by atoms with Crippen molar-refractivity contribution < 1.29 is 14.5 Å². The van der Waals surface area contributed by atoms with Gasteiger partial charge in [-0.05, 0) is 50.2 Å². The van der Waals surface area contributed by atoms with E-state index >= 15 is 0 Å². The second-order valence-corrected chi connectivity index (χ2v) is 5.68. The highest BCUT2D eigenvalue weighted by molar-refractivity contribution is 5.94. The Bertz CT molecular complexity index is 712. The van der Waals surface area contributed by atoms with Crippen LogP contribution in [0.5, 0.6) is 5.75 Å². The zero-order valence-corrected chi connectivity index (χ0v) is 14.2. The number of rotatable bonds is 8. The molecule has 7 nitrogen and oxygen atoms in total. The molecule has 0 atom stereocenters. The molecule has 0 aliphatic heterocycles. The number of hydrogen-bond donors (Lipinski definition) is 2. The lowest BCUT2D eigenvalue weighted by atomic mass is 10.2. The van der Waals surface area contributed by atoms with Gasteiger partial charge in [0.05, 0.1) is 11.0 Å². The molecule has 2 aromatic carbocycles. The van der Waals surface area contributed by atoms with Crippen molar-refractivity contribution in [2.24, 2.45) is 0 Å². The average molecular weight is 343 g/mol. The summed E-state index contributed by atoms with van der Waals surface area (Å²) in [5.74, 6) is 0.563. The molecule has 0 aliphatic carbocycles. The molecule has 7 heteroatoms. The van der Waals surface area contributed by atoms with Gasteiger partial charge in [0.2, 0.25) is 0 Å². The predicted molar refractivity (Wildman–Crippen MR) is 96.1 cm³/mol. The van der Waals surface area contributed by atoms with Gasteiger partial charge in [-0.1, -0.05) is 0 Å². The Morgan fingerprint density at radius 3 is 2.28 bits per heavy atom. The van der Waals surface area contributed by atoms with Gasteiger partial charge < -0.3 is 15.4 Å². The van der Waals surface area contributed by atoms with E-state index in [2.05, 4.69) is 10.6 Å². The molecule has 2 rings (SSSR count). The molecule has 0 radical (unpaired) electrons. The summed E-state index contributed by atoms with van der Waals surface area (Å²) in [5, 5.41) is 16.5. The number of amides is 1. The van der Waals surface area contributed by atoms with Gasteiger partial charge in [0.15, 0.2) is 0 Å². The van der Waals surface area contributed by atoms with Crippen molar-refractivity contribution in [1.29, 1.82) is 0 Å². The number of benzene rings is 2. The summed E-state index contributed by atoms with van der Waals surface area (Å²) in [6.07, 6.45) is 0.0881. The quantitative estimate of drug-likeness (QED) is 0.436. The normalized spacial score (nSPS) is 10.4. The van der Waals surface area contributed by atoms with Crippen LogP contribution < -0.4 is 15.4 Å². The smallest absolute Gasteiger partial charge is 0.269 e. The first-order valence-electron chi connectivity index (χ1n) is 7.99. The molecule has 1 amide bonds. The summed E-state index contributed by atoms with van der Waals surface area (Å²) in [4.78, 5) is 22.2. The summed E-state index contributed by atoms with van der Waals surface area (Å²) < 4.78 is 5.54. The average Bonchev–Trinajstić information content (AvgIpc) is 2.59. The molecule has 0 saturated heterocycles. The van der Waals surface area contributed by atoms with E-state index in [-0.39, 0.29) is 17.7 Å². The van der Waals surface area contributed by atoms with Gasteiger partial charge in [-0.2, -0.15) is 0 Å². The lowest BCUT2D eigenvalue weighted by Gasteiger charge is -2.10. The van der Waals surface area contributed by atoms with Crippen molar-refractivity contribution in [2.45, 2.75) is 20.0 Å². The summed E-state index contributed by atoms with van der Waals surface area (Å²) >= 11 is 0. The van der Waals surface area contributed by atoms with E-state index in [4.69, 9.17) is 4.74 Å². The van der Waals surface area contributed by atoms with Crippen molar-refractivity contribution in [1.82, 2.24) is 5.32 Å². The third kappa shape index (κ3) is 5.80. The van der Waals surface area contributed by atoms with Crippen LogP contribution >= 0.6 is 0 Å². The molecule has 2 N–H and O–H groups in total. The largest absolute Gasteiger partial charge is 0.491 e. The zero-order valence-electron chi connectivity index (χ0n) is 14.2. The monoisotopic (exact) mass is 343 g/mol. The summed E-state index contributed by atoms with van der Waals surface area (Å²) in [6, 6.07) is 13.1. The van der Waals surface area contributed by atoms with Crippen LogP contribution in [0.4, 0.5) is 11.4 Å². The first kappa shape index (κ1) is 18.3. The van der Waals surface area contributed by atoms with E-state index in [1.54, 1.807) is 36.4 Å². The second-order valence-electron chi connectivity index (χ2n) is 5.68. The number of nitrogens with one attached hydrogen (secondary N) is 2. The molecule has 0 fully saturated rings. The number of ether oxygens (including phenoxy) is 1. The van der Waals surface area contributed by atoms with Crippen LogP contribution in [0.3, 0.4) is 0 Å². The maximum atomic E-state index is 12.1. The fourth-order valence-electron chi connectivity index (χ4n) is 2.14. The standard InChI is InChI=1S/C18H21N3O4/c1-13(2)25-17-9-3-14(4-10-17)18(22)20-12-11-19-15-5-7-16(8-6-15)21(23)24/h3-10,13,19H,11-12H2,1-2H3,(H,20,22). The number of carbonyl (C=O) groups is 1. The van der Waals surface area contributed by atoms with Crippen LogP contribution in [-0.2, 0) is 0 Å². The van der Waals surface area contributed by atoms with Gasteiger partial charge in [-0.15, -0.1) is 0 Å². The van der Waals surface area contributed by atoms with Crippen LogP contribution in [-0.4, -0.2) is 30.0 Å². The van der Waals surface area contributed by atoms with Crippen molar-refractivity contribution in [3.8, 4) is 5.75 Å². The van der Waals surface area contributed by atoms with E-state index < -0.39 is 4.92 Å². The van der Waals surface area contributed by atoms with E-state index in [1.807, 2.05) is 13.8 Å². The predicted octanol–water partition coefficient (Wildman–Crippen LogP) is 3.22. The van der Waals surface area contributed by atoms with Gasteiger partial charge in [0.1, 0.15) is 5.75 Å². The highest BCUT2D eigenvalue weighted by Gasteiger charge is 2.06. The summed E-state index contributed by atoms with van der Waals surface area (Å²) in [6.45, 7) is 4.83. The van der Waals surface area contributed by atoms with Crippen LogP contribution in [0.2, 0.25) is 0 Å². The van der Waals surface area contributed by atoms with E-state index in [1.165, 1.54) is 12.1 Å². The summed E-state index contributed by atoms with van der Waals surface area (Å²) in [7, 11) is 0. The van der Waals surface area contributed by atoms with Gasteiger partial charge in [0, 0.05) is 36.5 Å². The van der Waals surface area contributed by atoms with Gasteiger partial charge in [0.25, 0.3) is 11.6 Å². The fraction of sp³-hybridized carbons (Fsp3) is 0.278. The Hall–Kier alpha value is -3.09. The number of nitro groups is 1. The van der Waals surface area contributed by atoms with Gasteiger partial charge in [-0.3, -0.25) is 14.9 Å². The van der Waals surface area contributed by atoms with Crippen LogP contribution in [0, 0.1) is 10.1 Å². The molecule has 0 unspecified atom stereocenters. The lowest BCUT2D eigenvalue weighted by molar-refractivity contribution is -0.384. The van der Waals surface area contributed by atoms with E-state index in [0.717, 1.165) is 11.4 Å². The number of carbonyl (C=O) groups excluding carboxylic acids is 1. The molecule has 0 saturated carbocycles. The maximum absolute atomic E-state index is 12.1. The SMILES string of the molecule is CC(C)Oc1ccc(C(=O)NCCNc2ccc([N+](=O)[O-])cc2)cc1. The van der Waals surface area contributed by atoms with Gasteiger partial charge >= 0.3 is 0 Å². The third-order valence-corrected chi connectivity index (χ3v) is 3.31. The highest BCUT2D eigenvalue weighted by atomic mass is 16.6. The van der Waals surface area contributed by atoms with Crippen LogP contribution in [0.1, 0.15) is 24.2 Å². The van der Waals surface area contributed by atoms with Gasteiger partial charge in [-0.25, -0.2) is 0 Å². The Balaban J connectivity index is 1.75. The molecular formula is C18H21N3O4. The number of anilines is 1. The highest BCUT2D eigenvalue weighted by Crippen LogP contribution is 2.15. The number of nitro benzene ring substituents is 1. The Labute approximate surface area is 146 Å². The van der Waals surface area contributed by atoms with E-state index in [0.29, 0.717) is 18.7 Å². The molecule has 0 spiro atoms. The maximum Gasteiger partial charge on any atom is 0.269 e.